The number of benzene rings is 2. The highest BCUT2D eigenvalue weighted by molar-refractivity contribution is 5.75. The molecular formula is C25H24N6O. The zero-order chi connectivity index (χ0) is 22.4. The quantitative estimate of drug-likeness (QED) is 0.436. The molecule has 32 heavy (non-hydrogen) atoms. The van der Waals surface area contributed by atoms with E-state index in [0.717, 1.165) is 39.5 Å². The Kier molecular flexibility index (Phi) is 4.74. The first kappa shape index (κ1) is 19.9. The van der Waals surface area contributed by atoms with Crippen molar-refractivity contribution in [2.75, 3.05) is 0 Å². The van der Waals surface area contributed by atoms with E-state index in [1.807, 2.05) is 74.8 Å². The highest BCUT2D eigenvalue weighted by Gasteiger charge is 2.12. The Labute approximate surface area is 185 Å². The number of hydrogen-bond acceptors (Lipinski definition) is 4. The normalized spacial score (nSPS) is 11.4. The molecule has 0 N–H and O–H groups in total. The molecule has 0 aliphatic heterocycles. The largest absolute Gasteiger partial charge is 0.294 e. The third kappa shape index (κ3) is 3.51. The molecule has 0 radical (unpaired) electrons. The molecule has 2 aromatic carbocycles. The lowest BCUT2D eigenvalue weighted by atomic mass is 10.1. The summed E-state index contributed by atoms with van der Waals surface area (Å²) in [5.41, 5.74) is 7.73. The van der Waals surface area contributed by atoms with Gasteiger partial charge in [-0.05, 0) is 74.7 Å². The monoisotopic (exact) mass is 424 g/mol. The van der Waals surface area contributed by atoms with Gasteiger partial charge in [-0.1, -0.05) is 18.2 Å². The summed E-state index contributed by atoms with van der Waals surface area (Å²) in [6, 6.07) is 16.3. The maximum atomic E-state index is 13.1. The van der Waals surface area contributed by atoms with Crippen LogP contribution in [-0.4, -0.2) is 29.1 Å². The van der Waals surface area contributed by atoms with Gasteiger partial charge in [0, 0.05) is 5.69 Å². The number of rotatable bonds is 4. The Bertz CT molecular complexity index is 1480. The molecule has 0 amide bonds. The summed E-state index contributed by atoms with van der Waals surface area (Å²) in [7, 11) is 0. The predicted octanol–water partition coefficient (Wildman–Crippen LogP) is 4.05. The molecule has 7 heteroatoms. The van der Waals surface area contributed by atoms with E-state index in [0.29, 0.717) is 17.6 Å². The van der Waals surface area contributed by atoms with Gasteiger partial charge in [-0.25, -0.2) is 14.3 Å². The lowest BCUT2D eigenvalue weighted by Gasteiger charge is -2.09. The Morgan fingerprint density at radius 2 is 1.56 bits per heavy atom. The van der Waals surface area contributed by atoms with E-state index in [4.69, 9.17) is 0 Å². The zero-order valence-electron chi connectivity index (χ0n) is 18.6. The van der Waals surface area contributed by atoms with Gasteiger partial charge in [0.15, 0.2) is 5.65 Å². The SMILES string of the molecule is Cc1cc(C)cc(-n2ncc3c(=O)n(Cc4ccc(-n5nc(C)cc5C)cc4)cnc32)c1. The number of hydrogen-bond donors (Lipinski definition) is 0. The smallest absolute Gasteiger partial charge is 0.264 e. The number of nitrogens with zero attached hydrogens (tertiary/aromatic N) is 6. The van der Waals surface area contributed by atoms with E-state index >= 15 is 0 Å². The topological polar surface area (TPSA) is 70.5 Å². The van der Waals surface area contributed by atoms with Crippen LogP contribution < -0.4 is 5.56 Å². The molecule has 160 valence electrons. The summed E-state index contributed by atoms with van der Waals surface area (Å²) in [5, 5.41) is 9.47. The van der Waals surface area contributed by atoms with Gasteiger partial charge in [-0.15, -0.1) is 0 Å². The molecule has 3 heterocycles. The van der Waals surface area contributed by atoms with Gasteiger partial charge in [-0.2, -0.15) is 10.2 Å². The van der Waals surface area contributed by atoms with Crippen LogP contribution in [0.25, 0.3) is 22.4 Å². The van der Waals surface area contributed by atoms with Crippen LogP contribution in [0.15, 0.2) is 65.8 Å². The van der Waals surface area contributed by atoms with Gasteiger partial charge >= 0.3 is 0 Å². The van der Waals surface area contributed by atoms with Crippen LogP contribution in [0, 0.1) is 27.7 Å². The maximum absolute atomic E-state index is 13.1. The van der Waals surface area contributed by atoms with Gasteiger partial charge in [0.2, 0.25) is 0 Å². The van der Waals surface area contributed by atoms with Crippen molar-refractivity contribution >= 4 is 11.0 Å². The van der Waals surface area contributed by atoms with E-state index in [-0.39, 0.29) is 5.56 Å². The molecular weight excluding hydrogens is 400 g/mol. The molecule has 0 saturated carbocycles. The van der Waals surface area contributed by atoms with Crippen LogP contribution in [0.1, 0.15) is 28.1 Å². The summed E-state index contributed by atoms with van der Waals surface area (Å²) in [6.45, 7) is 8.54. The van der Waals surface area contributed by atoms with Crippen LogP contribution in [0.4, 0.5) is 0 Å². The van der Waals surface area contributed by atoms with Gasteiger partial charge in [0.05, 0.1) is 29.8 Å². The minimum atomic E-state index is -0.103. The molecule has 0 aliphatic rings. The van der Waals surface area contributed by atoms with Crippen LogP contribution in [0.3, 0.4) is 0 Å². The average Bonchev–Trinajstić information content (AvgIpc) is 3.33. The first-order chi connectivity index (χ1) is 15.4. The van der Waals surface area contributed by atoms with E-state index in [1.54, 1.807) is 21.8 Å². The lowest BCUT2D eigenvalue weighted by molar-refractivity contribution is 0.744. The summed E-state index contributed by atoms with van der Waals surface area (Å²) in [5.74, 6) is 0. The Hall–Kier alpha value is -4.00. The molecule has 0 spiro atoms. The molecule has 3 aromatic heterocycles. The van der Waals surface area contributed by atoms with Crippen molar-refractivity contribution in [1.82, 2.24) is 29.1 Å². The number of fused-ring (bicyclic) bond motifs is 1. The second kappa shape index (κ2) is 7.60. The molecule has 0 atom stereocenters. The van der Waals surface area contributed by atoms with E-state index in [1.165, 1.54) is 0 Å². The van der Waals surface area contributed by atoms with Crippen LogP contribution in [-0.2, 0) is 6.54 Å². The van der Waals surface area contributed by atoms with Gasteiger partial charge in [0.1, 0.15) is 11.7 Å². The lowest BCUT2D eigenvalue weighted by Crippen LogP contribution is -2.21. The van der Waals surface area contributed by atoms with Crippen molar-refractivity contribution in [3.05, 3.63) is 99.5 Å². The average molecular weight is 425 g/mol. The highest BCUT2D eigenvalue weighted by atomic mass is 16.1. The van der Waals surface area contributed by atoms with Crippen molar-refractivity contribution in [3.8, 4) is 11.4 Å². The van der Waals surface area contributed by atoms with E-state index in [9.17, 15) is 4.79 Å². The molecule has 0 saturated heterocycles. The molecule has 7 nitrogen and oxygen atoms in total. The number of aryl methyl sites for hydroxylation is 4. The van der Waals surface area contributed by atoms with Gasteiger partial charge in [0.25, 0.3) is 5.56 Å². The summed E-state index contributed by atoms with van der Waals surface area (Å²) in [4.78, 5) is 17.7. The second-order valence-corrected chi connectivity index (χ2v) is 8.32. The Morgan fingerprint density at radius 3 is 2.22 bits per heavy atom. The van der Waals surface area contributed by atoms with Crippen molar-refractivity contribution in [1.29, 1.82) is 0 Å². The molecule has 0 bridgehead atoms. The zero-order valence-corrected chi connectivity index (χ0v) is 18.6. The Morgan fingerprint density at radius 1 is 0.844 bits per heavy atom. The summed E-state index contributed by atoms with van der Waals surface area (Å²) >= 11 is 0. The second-order valence-electron chi connectivity index (χ2n) is 8.32. The third-order valence-electron chi connectivity index (χ3n) is 5.55. The van der Waals surface area contributed by atoms with Gasteiger partial charge in [-0.3, -0.25) is 9.36 Å². The van der Waals surface area contributed by atoms with Crippen molar-refractivity contribution in [2.24, 2.45) is 0 Å². The maximum Gasteiger partial charge on any atom is 0.264 e. The van der Waals surface area contributed by atoms with Crippen LogP contribution >= 0.6 is 0 Å². The van der Waals surface area contributed by atoms with E-state index < -0.39 is 0 Å². The molecule has 5 aromatic rings. The molecule has 0 fully saturated rings. The summed E-state index contributed by atoms with van der Waals surface area (Å²) in [6.07, 6.45) is 3.20. The Balaban J connectivity index is 1.46. The minimum Gasteiger partial charge on any atom is -0.294 e. The third-order valence-corrected chi connectivity index (χ3v) is 5.55. The fourth-order valence-electron chi connectivity index (χ4n) is 4.15. The van der Waals surface area contributed by atoms with Crippen LogP contribution in [0.2, 0.25) is 0 Å². The van der Waals surface area contributed by atoms with Gasteiger partial charge < -0.3 is 0 Å². The first-order valence-corrected chi connectivity index (χ1v) is 10.5. The van der Waals surface area contributed by atoms with Crippen LogP contribution in [0.5, 0.6) is 0 Å². The van der Waals surface area contributed by atoms with Crippen molar-refractivity contribution in [3.63, 3.8) is 0 Å². The van der Waals surface area contributed by atoms with E-state index in [2.05, 4.69) is 21.2 Å². The summed E-state index contributed by atoms with van der Waals surface area (Å²) < 4.78 is 5.26. The van der Waals surface area contributed by atoms with Crippen molar-refractivity contribution in [2.45, 2.75) is 34.2 Å². The fourth-order valence-corrected chi connectivity index (χ4v) is 4.15. The van der Waals surface area contributed by atoms with Crippen molar-refractivity contribution < 1.29 is 0 Å². The number of aromatic nitrogens is 6. The molecule has 0 unspecified atom stereocenters. The highest BCUT2D eigenvalue weighted by Crippen LogP contribution is 2.18. The standard InChI is InChI=1S/C25H24N6O/c1-16-9-17(2)11-22(10-16)31-24-23(13-27-31)25(32)29(15-26-24)14-20-5-7-21(8-6-20)30-19(4)12-18(3)28-30/h5-13,15H,14H2,1-4H3. The fraction of sp³-hybridized carbons (Fsp3) is 0.200. The molecule has 5 rings (SSSR count). The molecule has 0 aliphatic carbocycles. The minimum absolute atomic E-state index is 0.103. The first-order valence-electron chi connectivity index (χ1n) is 10.5. The predicted molar refractivity (Wildman–Crippen MR) is 125 cm³/mol.